The topological polar surface area (TPSA) is 128 Å². The van der Waals surface area contributed by atoms with Gasteiger partial charge in [-0.05, 0) is 95.5 Å². The van der Waals surface area contributed by atoms with Crippen LogP contribution in [-0.4, -0.2) is 42.0 Å². The highest BCUT2D eigenvalue weighted by molar-refractivity contribution is 7.90. The van der Waals surface area contributed by atoms with Crippen molar-refractivity contribution in [3.8, 4) is 17.0 Å². The van der Waals surface area contributed by atoms with E-state index in [1.54, 1.807) is 12.1 Å². The molecular formula is C28H35N5O4S. The van der Waals surface area contributed by atoms with E-state index in [1.807, 2.05) is 45.0 Å². The summed E-state index contributed by atoms with van der Waals surface area (Å²) in [6.45, 7) is 13.0. The molecular weight excluding hydrogens is 502 g/mol. The molecule has 1 aliphatic heterocycles. The van der Waals surface area contributed by atoms with Crippen LogP contribution in [0.4, 0.5) is 11.6 Å². The van der Waals surface area contributed by atoms with Crippen LogP contribution in [0.1, 0.15) is 58.3 Å². The second-order valence-corrected chi connectivity index (χ2v) is 13.0. The molecule has 38 heavy (non-hydrogen) atoms. The molecule has 3 heterocycles. The predicted octanol–water partition coefficient (Wildman–Crippen LogP) is 4.65. The lowest BCUT2D eigenvalue weighted by atomic mass is 9.97. The molecule has 1 aliphatic rings. The maximum Gasteiger partial charge on any atom is 0.281 e. The average Bonchev–Trinajstić information content (AvgIpc) is 3.09. The van der Waals surface area contributed by atoms with Crippen LogP contribution in [-0.2, 0) is 10.0 Å². The molecule has 2 aromatic heterocycles. The van der Waals surface area contributed by atoms with E-state index in [-0.39, 0.29) is 27.5 Å². The van der Waals surface area contributed by atoms with E-state index < -0.39 is 15.9 Å². The molecule has 0 aliphatic carbocycles. The van der Waals surface area contributed by atoms with Crippen molar-refractivity contribution in [3.63, 3.8) is 0 Å². The van der Waals surface area contributed by atoms with E-state index in [4.69, 9.17) is 15.5 Å². The van der Waals surface area contributed by atoms with E-state index in [0.29, 0.717) is 24.0 Å². The number of benzene rings is 1. The van der Waals surface area contributed by atoms with Gasteiger partial charge in [-0.1, -0.05) is 13.0 Å². The van der Waals surface area contributed by atoms with Crippen LogP contribution < -0.4 is 20.1 Å². The Hall–Kier alpha value is -3.66. The fourth-order valence-electron chi connectivity index (χ4n) is 4.81. The highest BCUT2D eigenvalue weighted by atomic mass is 32.2. The van der Waals surface area contributed by atoms with E-state index in [2.05, 4.69) is 35.4 Å². The molecule has 1 aromatic carbocycles. The Morgan fingerprint density at radius 2 is 1.76 bits per heavy atom. The highest BCUT2D eigenvalue weighted by Gasteiger charge is 2.39. The van der Waals surface area contributed by atoms with Crippen molar-refractivity contribution in [3.05, 3.63) is 60.2 Å². The second-order valence-electron chi connectivity index (χ2n) is 11.4. The first kappa shape index (κ1) is 27.4. The van der Waals surface area contributed by atoms with Gasteiger partial charge in [0.25, 0.3) is 15.9 Å². The van der Waals surface area contributed by atoms with Crippen LogP contribution in [0, 0.1) is 5.92 Å². The third kappa shape index (κ3) is 6.07. The van der Waals surface area contributed by atoms with Crippen LogP contribution in [0.25, 0.3) is 11.3 Å². The Balaban J connectivity index is 1.73. The van der Waals surface area contributed by atoms with Gasteiger partial charge >= 0.3 is 0 Å². The van der Waals surface area contributed by atoms with Crippen molar-refractivity contribution in [2.75, 3.05) is 17.2 Å². The number of nitrogens with zero attached hydrogens (tertiary/aromatic N) is 3. The van der Waals surface area contributed by atoms with E-state index in [9.17, 15) is 13.2 Å². The minimum atomic E-state index is -4.24. The number of amides is 1. The summed E-state index contributed by atoms with van der Waals surface area (Å²) in [4.78, 5) is 24.2. The molecule has 10 heteroatoms. The van der Waals surface area contributed by atoms with Gasteiger partial charge < -0.3 is 15.4 Å². The summed E-state index contributed by atoms with van der Waals surface area (Å²) >= 11 is 0. The van der Waals surface area contributed by atoms with Gasteiger partial charge in [-0.3, -0.25) is 4.79 Å². The van der Waals surface area contributed by atoms with E-state index in [1.165, 1.54) is 18.2 Å². The monoisotopic (exact) mass is 537 g/mol. The Labute approximate surface area is 224 Å². The summed E-state index contributed by atoms with van der Waals surface area (Å²) in [6, 6.07) is 15.2. The standard InChI is InChI=1S/C28H35N5O4S/c1-18-16-28(5,6)33(17-18)25-21(26(34)32-38(35,36)24-9-7-8-23(29)31-24)14-15-22(30-25)19-10-12-20(13-11-19)37-27(2,3)4/h7-15,18H,16-17H2,1-6H3,(H2,29,31)(H,32,34)/t18-/m0/s1. The number of hydrogen-bond donors (Lipinski definition) is 2. The summed E-state index contributed by atoms with van der Waals surface area (Å²) in [6.07, 6.45) is 0.907. The van der Waals surface area contributed by atoms with Gasteiger partial charge in [0.1, 0.15) is 23.0 Å². The Kier molecular flexibility index (Phi) is 7.13. The zero-order valence-electron chi connectivity index (χ0n) is 22.6. The molecule has 3 aromatic rings. The number of nitrogens with two attached hydrogens (primary N) is 1. The number of carbonyl (C=O) groups excluding carboxylic acids is 1. The Morgan fingerprint density at radius 3 is 2.34 bits per heavy atom. The van der Waals surface area contributed by atoms with E-state index >= 15 is 0 Å². The van der Waals surface area contributed by atoms with Crippen molar-refractivity contribution in [1.29, 1.82) is 0 Å². The molecule has 1 fully saturated rings. The molecule has 4 rings (SSSR count). The number of carbonyl (C=O) groups is 1. The Bertz CT molecular complexity index is 1450. The van der Waals surface area contributed by atoms with Gasteiger partial charge in [0.2, 0.25) is 0 Å². The number of hydrogen-bond acceptors (Lipinski definition) is 8. The highest BCUT2D eigenvalue weighted by Crippen LogP contribution is 2.38. The van der Waals surface area contributed by atoms with Crippen molar-refractivity contribution in [2.24, 2.45) is 5.92 Å². The minimum Gasteiger partial charge on any atom is -0.488 e. The van der Waals surface area contributed by atoms with Gasteiger partial charge in [-0.15, -0.1) is 0 Å². The van der Waals surface area contributed by atoms with Crippen LogP contribution in [0.3, 0.4) is 0 Å². The zero-order valence-corrected chi connectivity index (χ0v) is 23.5. The van der Waals surface area contributed by atoms with Crippen molar-refractivity contribution < 1.29 is 17.9 Å². The molecule has 0 spiro atoms. The van der Waals surface area contributed by atoms with Crippen LogP contribution in [0.5, 0.6) is 5.75 Å². The zero-order chi connectivity index (χ0) is 27.9. The van der Waals surface area contributed by atoms with Crippen molar-refractivity contribution >= 4 is 27.6 Å². The van der Waals surface area contributed by atoms with Gasteiger partial charge in [0.05, 0.1) is 11.3 Å². The molecule has 1 saturated heterocycles. The number of aromatic nitrogens is 2. The van der Waals surface area contributed by atoms with Crippen LogP contribution in [0.15, 0.2) is 59.6 Å². The SMILES string of the molecule is C[C@@H]1CN(c2nc(-c3ccc(OC(C)(C)C)cc3)ccc2C(=O)NS(=O)(=O)c2cccc(N)n2)C(C)(C)C1. The molecule has 3 N–H and O–H groups in total. The number of pyridine rings is 2. The largest absolute Gasteiger partial charge is 0.488 e. The molecule has 1 atom stereocenters. The molecule has 0 saturated carbocycles. The predicted molar refractivity (Wildman–Crippen MR) is 149 cm³/mol. The number of nitrogen functional groups attached to an aromatic ring is 1. The van der Waals surface area contributed by atoms with Gasteiger partial charge in [-0.25, -0.2) is 14.7 Å². The normalized spacial score (nSPS) is 17.3. The number of ether oxygens (including phenoxy) is 1. The maximum atomic E-state index is 13.4. The van der Waals surface area contributed by atoms with Crippen molar-refractivity contribution in [2.45, 2.75) is 64.1 Å². The third-order valence-electron chi connectivity index (χ3n) is 6.27. The van der Waals surface area contributed by atoms with Crippen molar-refractivity contribution in [1.82, 2.24) is 14.7 Å². The fraction of sp³-hybridized carbons (Fsp3) is 0.393. The maximum absolute atomic E-state index is 13.4. The quantitative estimate of drug-likeness (QED) is 0.465. The molecule has 0 radical (unpaired) electrons. The summed E-state index contributed by atoms with van der Waals surface area (Å²) in [5.41, 5.74) is 6.72. The first-order valence-corrected chi connectivity index (χ1v) is 14.0. The van der Waals surface area contributed by atoms with Gasteiger partial charge in [0.15, 0.2) is 5.03 Å². The summed E-state index contributed by atoms with van der Waals surface area (Å²) in [7, 11) is -4.24. The molecule has 0 bridgehead atoms. The Morgan fingerprint density at radius 1 is 1.08 bits per heavy atom. The molecule has 202 valence electrons. The van der Waals surface area contributed by atoms with Gasteiger partial charge in [0, 0.05) is 17.6 Å². The van der Waals surface area contributed by atoms with Crippen LogP contribution in [0.2, 0.25) is 0 Å². The smallest absolute Gasteiger partial charge is 0.281 e. The second kappa shape index (κ2) is 9.90. The lowest BCUT2D eigenvalue weighted by Crippen LogP contribution is -2.41. The summed E-state index contributed by atoms with van der Waals surface area (Å²) < 4.78 is 33.9. The fourth-order valence-corrected chi connectivity index (χ4v) is 5.75. The van der Waals surface area contributed by atoms with Gasteiger partial charge in [-0.2, -0.15) is 8.42 Å². The number of anilines is 2. The summed E-state index contributed by atoms with van der Waals surface area (Å²) in [5, 5.41) is -0.329. The first-order valence-electron chi connectivity index (χ1n) is 12.5. The van der Waals surface area contributed by atoms with E-state index in [0.717, 1.165) is 17.7 Å². The molecule has 1 amide bonds. The first-order chi connectivity index (χ1) is 17.6. The third-order valence-corrected chi connectivity index (χ3v) is 7.50. The van der Waals surface area contributed by atoms with Crippen LogP contribution >= 0.6 is 0 Å². The molecule has 0 unspecified atom stereocenters. The lowest BCUT2D eigenvalue weighted by Gasteiger charge is -2.34. The summed E-state index contributed by atoms with van der Waals surface area (Å²) in [5.74, 6) is 0.805. The lowest BCUT2D eigenvalue weighted by molar-refractivity contribution is 0.0981. The minimum absolute atomic E-state index is 0.0405. The number of nitrogens with one attached hydrogen (secondary N) is 1. The number of sulfonamides is 1. The average molecular weight is 538 g/mol. The molecule has 9 nitrogen and oxygen atoms in total. The number of rotatable bonds is 6.